The fourth-order valence-electron chi connectivity index (χ4n) is 1.99. The van der Waals surface area contributed by atoms with Crippen LogP contribution in [0.1, 0.15) is 50.5 Å². The molecule has 17 heavy (non-hydrogen) atoms. The van der Waals surface area contributed by atoms with Gasteiger partial charge in [0.2, 0.25) is 0 Å². The van der Waals surface area contributed by atoms with Crippen LogP contribution in [0.5, 0.6) is 0 Å². The zero-order chi connectivity index (χ0) is 13.2. The van der Waals surface area contributed by atoms with Crippen LogP contribution in [0, 0.1) is 5.92 Å². The van der Waals surface area contributed by atoms with Crippen molar-refractivity contribution in [3.8, 4) is 0 Å². The number of nitrogens with one attached hydrogen (secondary N) is 1. The number of ketones is 1. The minimum absolute atomic E-state index is 0.0312. The van der Waals surface area contributed by atoms with Gasteiger partial charge in [-0.25, -0.2) is 4.79 Å². The number of carbonyl (C=O) groups excluding carboxylic acids is 1. The van der Waals surface area contributed by atoms with Gasteiger partial charge >= 0.3 is 5.69 Å². The molecule has 0 saturated heterocycles. The minimum atomic E-state index is -0.498. The molecule has 1 unspecified atom stereocenters. The highest BCUT2D eigenvalue weighted by Crippen LogP contribution is 2.17. The maximum absolute atomic E-state index is 12.1. The van der Waals surface area contributed by atoms with Crippen LogP contribution in [-0.2, 0) is 0 Å². The lowest BCUT2D eigenvalue weighted by atomic mass is 10.0. The van der Waals surface area contributed by atoms with Crippen molar-refractivity contribution in [1.29, 1.82) is 0 Å². The van der Waals surface area contributed by atoms with Crippen LogP contribution < -0.4 is 11.2 Å². The van der Waals surface area contributed by atoms with Crippen LogP contribution in [0.2, 0.25) is 0 Å². The Morgan fingerprint density at radius 1 is 1.41 bits per heavy atom. The first-order valence-corrected chi connectivity index (χ1v) is 5.75. The average Bonchev–Trinajstić information content (AvgIpc) is 2.22. The summed E-state index contributed by atoms with van der Waals surface area (Å²) in [7, 11) is 0. The van der Waals surface area contributed by atoms with E-state index in [1.165, 1.54) is 13.1 Å². The molecule has 94 valence electrons. The fraction of sp³-hybridized carbons (Fsp3) is 0.583. The van der Waals surface area contributed by atoms with Gasteiger partial charge in [-0.3, -0.25) is 14.2 Å². The molecule has 1 heterocycles. The number of aromatic amines is 1. The van der Waals surface area contributed by atoms with Crippen molar-refractivity contribution >= 4 is 5.78 Å². The van der Waals surface area contributed by atoms with E-state index in [2.05, 4.69) is 4.98 Å². The van der Waals surface area contributed by atoms with Crippen LogP contribution in [-0.4, -0.2) is 15.3 Å². The van der Waals surface area contributed by atoms with Gasteiger partial charge in [-0.1, -0.05) is 20.8 Å². The number of carbonyl (C=O) groups is 1. The monoisotopic (exact) mass is 238 g/mol. The van der Waals surface area contributed by atoms with E-state index >= 15 is 0 Å². The molecule has 0 aliphatic heterocycles. The Morgan fingerprint density at radius 2 is 2.00 bits per heavy atom. The second-order valence-corrected chi connectivity index (χ2v) is 4.46. The van der Waals surface area contributed by atoms with E-state index in [9.17, 15) is 14.4 Å². The zero-order valence-electron chi connectivity index (χ0n) is 10.6. The summed E-state index contributed by atoms with van der Waals surface area (Å²) in [5.74, 6) is -0.181. The van der Waals surface area contributed by atoms with Crippen LogP contribution in [0.25, 0.3) is 0 Å². The molecule has 1 aromatic rings. The maximum atomic E-state index is 12.1. The van der Waals surface area contributed by atoms with E-state index in [1.54, 1.807) is 0 Å². The number of H-pyrrole nitrogens is 1. The summed E-state index contributed by atoms with van der Waals surface area (Å²) in [4.78, 5) is 37.5. The molecular weight excluding hydrogens is 220 g/mol. The van der Waals surface area contributed by atoms with Crippen molar-refractivity contribution in [2.75, 3.05) is 0 Å². The molecule has 0 spiro atoms. The van der Waals surface area contributed by atoms with Gasteiger partial charge in [0.15, 0.2) is 5.78 Å². The normalized spacial score (nSPS) is 12.8. The standard InChI is InChI=1S/C12H18N2O3/c1-5-10(7(2)3)14-11(16)9(8(4)15)6-13-12(14)17/h6-7,10H,5H2,1-4H3,(H,13,17). The first-order valence-electron chi connectivity index (χ1n) is 5.75. The Hall–Kier alpha value is -1.65. The van der Waals surface area contributed by atoms with Gasteiger partial charge in [-0.2, -0.15) is 0 Å². The molecule has 1 aromatic heterocycles. The molecule has 0 aromatic carbocycles. The third-order valence-corrected chi connectivity index (χ3v) is 2.91. The third kappa shape index (κ3) is 2.54. The van der Waals surface area contributed by atoms with Crippen LogP contribution >= 0.6 is 0 Å². The van der Waals surface area contributed by atoms with Crippen molar-refractivity contribution in [3.05, 3.63) is 32.6 Å². The van der Waals surface area contributed by atoms with Crippen molar-refractivity contribution in [3.63, 3.8) is 0 Å². The van der Waals surface area contributed by atoms with E-state index in [4.69, 9.17) is 0 Å². The van der Waals surface area contributed by atoms with Gasteiger partial charge in [0.05, 0.1) is 5.56 Å². The predicted molar refractivity (Wildman–Crippen MR) is 65.5 cm³/mol. The average molecular weight is 238 g/mol. The number of Topliss-reactive ketones (excluding diaryl/α,β-unsaturated/α-hetero) is 1. The minimum Gasteiger partial charge on any atom is -0.313 e. The van der Waals surface area contributed by atoms with E-state index in [0.717, 1.165) is 4.57 Å². The summed E-state index contributed by atoms with van der Waals surface area (Å²) in [6.07, 6.45) is 1.86. The first-order chi connectivity index (χ1) is 7.90. The summed E-state index contributed by atoms with van der Waals surface area (Å²) >= 11 is 0. The van der Waals surface area contributed by atoms with Crippen molar-refractivity contribution in [2.24, 2.45) is 5.92 Å². The molecule has 5 heteroatoms. The molecule has 0 bridgehead atoms. The van der Waals surface area contributed by atoms with Crippen molar-refractivity contribution < 1.29 is 4.79 Å². The lowest BCUT2D eigenvalue weighted by Gasteiger charge is -2.21. The third-order valence-electron chi connectivity index (χ3n) is 2.91. The fourth-order valence-corrected chi connectivity index (χ4v) is 1.99. The molecule has 0 amide bonds. The molecular formula is C12H18N2O3. The SMILES string of the molecule is CCC(C(C)C)n1c(=O)[nH]cc(C(C)=O)c1=O. The first kappa shape index (κ1) is 13.4. The van der Waals surface area contributed by atoms with E-state index < -0.39 is 11.2 Å². The van der Waals surface area contributed by atoms with Crippen LogP contribution in [0.3, 0.4) is 0 Å². The number of hydrogen-bond donors (Lipinski definition) is 1. The summed E-state index contributed by atoms with van der Waals surface area (Å²) < 4.78 is 1.15. The second-order valence-electron chi connectivity index (χ2n) is 4.46. The van der Waals surface area contributed by atoms with Crippen molar-refractivity contribution in [2.45, 2.75) is 40.2 Å². The van der Waals surface area contributed by atoms with E-state index in [1.807, 2.05) is 20.8 Å². The topological polar surface area (TPSA) is 71.9 Å². The van der Waals surface area contributed by atoms with E-state index in [0.29, 0.717) is 6.42 Å². The highest BCUT2D eigenvalue weighted by Gasteiger charge is 2.20. The van der Waals surface area contributed by atoms with Crippen LogP contribution in [0.4, 0.5) is 0 Å². The lowest BCUT2D eigenvalue weighted by molar-refractivity contribution is 0.101. The van der Waals surface area contributed by atoms with Crippen molar-refractivity contribution in [1.82, 2.24) is 9.55 Å². The van der Waals surface area contributed by atoms with Gasteiger partial charge < -0.3 is 4.98 Å². The molecule has 0 radical (unpaired) electrons. The Balaban J connectivity index is 3.52. The van der Waals surface area contributed by atoms with Crippen LogP contribution in [0.15, 0.2) is 15.8 Å². The van der Waals surface area contributed by atoms with Gasteiger partial charge in [0, 0.05) is 12.2 Å². The Bertz CT molecular complexity index is 525. The molecule has 1 N–H and O–H groups in total. The molecule has 0 saturated carbocycles. The summed E-state index contributed by atoms with van der Waals surface area (Å²) in [5.41, 5.74) is -0.925. The predicted octanol–water partition coefficient (Wildman–Crippen LogP) is 1.35. The number of aromatic nitrogens is 2. The highest BCUT2D eigenvalue weighted by molar-refractivity contribution is 5.93. The molecule has 1 rings (SSSR count). The van der Waals surface area contributed by atoms with Gasteiger partial charge in [-0.15, -0.1) is 0 Å². The maximum Gasteiger partial charge on any atom is 0.328 e. The van der Waals surface area contributed by atoms with Gasteiger partial charge in [0.25, 0.3) is 5.56 Å². The molecule has 5 nitrogen and oxygen atoms in total. The molecule has 0 aliphatic carbocycles. The number of rotatable bonds is 4. The summed E-state index contributed by atoms with van der Waals surface area (Å²) in [5, 5.41) is 0. The second kappa shape index (κ2) is 5.12. The smallest absolute Gasteiger partial charge is 0.313 e. The Morgan fingerprint density at radius 3 is 2.41 bits per heavy atom. The quantitative estimate of drug-likeness (QED) is 0.805. The molecule has 0 aliphatic rings. The number of nitrogens with zero attached hydrogens (tertiary/aromatic N) is 1. The zero-order valence-corrected chi connectivity index (χ0v) is 10.6. The largest absolute Gasteiger partial charge is 0.328 e. The number of hydrogen-bond acceptors (Lipinski definition) is 3. The van der Waals surface area contributed by atoms with Gasteiger partial charge in [0.1, 0.15) is 0 Å². The highest BCUT2D eigenvalue weighted by atomic mass is 16.2. The Kier molecular flexibility index (Phi) is 4.04. The summed E-state index contributed by atoms with van der Waals surface area (Å²) in [6, 6.07) is -0.189. The van der Waals surface area contributed by atoms with Gasteiger partial charge in [-0.05, 0) is 19.3 Å². The molecule has 0 fully saturated rings. The van der Waals surface area contributed by atoms with E-state index in [-0.39, 0.29) is 23.3 Å². The Labute approximate surface area is 99.5 Å². The lowest BCUT2D eigenvalue weighted by Crippen LogP contribution is -2.41. The summed E-state index contributed by atoms with van der Waals surface area (Å²) in [6.45, 7) is 7.12. The molecule has 1 atom stereocenters.